The first-order chi connectivity index (χ1) is 21.0. The third-order valence-electron chi connectivity index (χ3n) is 7.08. The number of ether oxygens (including phenoxy) is 2. The molecule has 2 N–H and O–H groups in total. The molecule has 10 heteroatoms. The number of aliphatic hydroxyl groups excluding tert-OH is 1. The molecule has 9 nitrogen and oxygen atoms in total. The molecule has 0 radical (unpaired) electrons. The number of hydrogen-bond donors (Lipinski definition) is 2. The van der Waals surface area contributed by atoms with E-state index in [1.807, 2.05) is 60.7 Å². The maximum absolute atomic E-state index is 14.4. The number of benzene rings is 4. The molecule has 5 rings (SSSR count). The van der Waals surface area contributed by atoms with Crippen LogP contribution in [0.1, 0.15) is 34.8 Å². The fourth-order valence-corrected chi connectivity index (χ4v) is 5.08. The van der Waals surface area contributed by atoms with E-state index in [0.717, 1.165) is 11.1 Å². The van der Waals surface area contributed by atoms with Crippen LogP contribution in [0, 0.1) is 0 Å². The Hall–Kier alpha value is -4.82. The summed E-state index contributed by atoms with van der Waals surface area (Å²) in [6, 6.07) is 31.1. The van der Waals surface area contributed by atoms with Gasteiger partial charge in [-0.25, -0.2) is 4.99 Å². The molecule has 0 unspecified atom stereocenters. The van der Waals surface area contributed by atoms with Gasteiger partial charge in [0.1, 0.15) is 5.75 Å². The highest BCUT2D eigenvalue weighted by atomic mass is 35.5. The van der Waals surface area contributed by atoms with Crippen LogP contribution >= 0.6 is 11.6 Å². The van der Waals surface area contributed by atoms with Crippen LogP contribution in [-0.2, 0) is 22.5 Å². The lowest BCUT2D eigenvalue weighted by atomic mass is 9.81. The highest BCUT2D eigenvalue weighted by molar-refractivity contribution is 6.30. The largest absolute Gasteiger partial charge is 0.494 e. The maximum atomic E-state index is 14.4. The van der Waals surface area contributed by atoms with Crippen LogP contribution in [0.4, 0.5) is 5.69 Å². The number of amides is 1. The number of azide groups is 1. The van der Waals surface area contributed by atoms with Crippen LogP contribution in [0.25, 0.3) is 10.4 Å². The zero-order chi connectivity index (χ0) is 30.1. The van der Waals surface area contributed by atoms with Crippen molar-refractivity contribution in [2.75, 3.05) is 13.2 Å². The van der Waals surface area contributed by atoms with Gasteiger partial charge in [-0.2, -0.15) is 0 Å². The second-order valence-corrected chi connectivity index (χ2v) is 10.4. The minimum atomic E-state index is -1.44. The molecule has 43 heavy (non-hydrogen) atoms. The van der Waals surface area contributed by atoms with E-state index in [1.54, 1.807) is 42.5 Å². The van der Waals surface area contributed by atoms with E-state index in [1.165, 1.54) is 0 Å². The lowest BCUT2D eigenvalue weighted by Crippen LogP contribution is -2.49. The first-order valence-electron chi connectivity index (χ1n) is 13.8. The molecule has 0 bridgehead atoms. The lowest BCUT2D eigenvalue weighted by Gasteiger charge is -2.31. The SMILES string of the molecule is [N-]=[N+]=Nc1ccccc1[C@H]1OC(c2ccc(OCCCO)cc2)=N[C@@]1(Cc1ccccc1)C(=O)NCc1ccc(Cl)cc1. The summed E-state index contributed by atoms with van der Waals surface area (Å²) >= 11 is 6.06. The summed E-state index contributed by atoms with van der Waals surface area (Å²) < 4.78 is 12.2. The van der Waals surface area contributed by atoms with E-state index in [0.29, 0.717) is 40.6 Å². The average molecular weight is 596 g/mol. The molecule has 1 aliphatic heterocycles. The quantitative estimate of drug-likeness (QED) is 0.0802. The zero-order valence-corrected chi connectivity index (χ0v) is 24.0. The smallest absolute Gasteiger partial charge is 0.252 e. The fourth-order valence-electron chi connectivity index (χ4n) is 4.95. The summed E-state index contributed by atoms with van der Waals surface area (Å²) in [5.41, 5.74) is 11.2. The van der Waals surface area contributed by atoms with Gasteiger partial charge in [0.2, 0.25) is 5.90 Å². The van der Waals surface area contributed by atoms with Gasteiger partial charge in [0, 0.05) is 52.7 Å². The van der Waals surface area contributed by atoms with Crippen molar-refractivity contribution in [1.29, 1.82) is 0 Å². The Labute approximate surface area is 254 Å². The monoisotopic (exact) mass is 595 g/mol. The summed E-state index contributed by atoms with van der Waals surface area (Å²) in [6.45, 7) is 0.687. The third-order valence-corrected chi connectivity index (χ3v) is 7.34. The normalized spacial score (nSPS) is 17.3. The number of rotatable bonds is 12. The van der Waals surface area contributed by atoms with Crippen LogP contribution < -0.4 is 10.1 Å². The number of nitrogens with zero attached hydrogens (tertiary/aromatic N) is 4. The predicted octanol–water partition coefficient (Wildman–Crippen LogP) is 6.86. The summed E-state index contributed by atoms with van der Waals surface area (Å²) in [7, 11) is 0. The molecule has 0 saturated carbocycles. The first-order valence-corrected chi connectivity index (χ1v) is 14.2. The molecule has 4 aromatic carbocycles. The summed E-state index contributed by atoms with van der Waals surface area (Å²) in [6.07, 6.45) is -0.159. The molecule has 0 aliphatic carbocycles. The van der Waals surface area contributed by atoms with Crippen molar-refractivity contribution in [2.45, 2.75) is 31.0 Å². The molecule has 2 atom stereocenters. The van der Waals surface area contributed by atoms with E-state index in [9.17, 15) is 10.3 Å². The molecule has 0 aromatic heterocycles. The highest BCUT2D eigenvalue weighted by Gasteiger charge is 2.53. The minimum absolute atomic E-state index is 0.0466. The van der Waals surface area contributed by atoms with Crippen LogP contribution in [0.15, 0.2) is 113 Å². The number of carbonyl (C=O) groups is 1. The van der Waals surface area contributed by atoms with Gasteiger partial charge in [-0.05, 0) is 53.1 Å². The van der Waals surface area contributed by atoms with Gasteiger partial charge in [0.15, 0.2) is 11.6 Å². The molecule has 0 fully saturated rings. The molecular formula is C33H30ClN5O4. The number of aliphatic imine (C=N–C) groups is 1. The van der Waals surface area contributed by atoms with E-state index in [4.69, 9.17) is 31.2 Å². The Morgan fingerprint density at radius 1 is 1.00 bits per heavy atom. The predicted molar refractivity (Wildman–Crippen MR) is 165 cm³/mol. The van der Waals surface area contributed by atoms with Crippen LogP contribution in [0.3, 0.4) is 0 Å². The summed E-state index contributed by atoms with van der Waals surface area (Å²) in [5.74, 6) is 0.573. The highest BCUT2D eigenvalue weighted by Crippen LogP contribution is 2.45. The van der Waals surface area contributed by atoms with Gasteiger partial charge in [-0.1, -0.05) is 83.4 Å². The van der Waals surface area contributed by atoms with E-state index in [-0.39, 0.29) is 31.4 Å². The standard InChI is InChI=1S/C33H30ClN5O4/c34-26-15-11-24(12-16-26)22-36-32(41)33(21-23-7-2-1-3-8-23)30(28-9-4-5-10-29(28)38-39-35)43-31(37-33)25-13-17-27(18-14-25)42-20-6-19-40/h1-5,7-18,30,40H,6,19-22H2,(H,36,41)/t30-,33-/m1/s1. The van der Waals surface area contributed by atoms with Gasteiger partial charge < -0.3 is 19.9 Å². The van der Waals surface area contributed by atoms with Crippen LogP contribution in [0.5, 0.6) is 5.75 Å². The molecule has 1 aliphatic rings. The Morgan fingerprint density at radius 3 is 2.44 bits per heavy atom. The number of aliphatic hydroxyl groups is 1. The Kier molecular flexibility index (Phi) is 9.59. The van der Waals surface area contributed by atoms with Crippen molar-refractivity contribution >= 4 is 29.1 Å². The van der Waals surface area contributed by atoms with Gasteiger partial charge >= 0.3 is 0 Å². The van der Waals surface area contributed by atoms with Crippen molar-refractivity contribution in [3.8, 4) is 5.75 Å². The number of halogens is 1. The van der Waals surface area contributed by atoms with E-state index >= 15 is 0 Å². The summed E-state index contributed by atoms with van der Waals surface area (Å²) in [4.78, 5) is 22.4. The lowest BCUT2D eigenvalue weighted by molar-refractivity contribution is -0.129. The zero-order valence-electron chi connectivity index (χ0n) is 23.3. The number of hydrogen-bond acceptors (Lipinski definition) is 6. The molecule has 4 aromatic rings. The van der Waals surface area contributed by atoms with Gasteiger partial charge in [-0.15, -0.1) is 0 Å². The van der Waals surface area contributed by atoms with Crippen LogP contribution in [0.2, 0.25) is 5.02 Å². The molecule has 218 valence electrons. The molecule has 1 amide bonds. The van der Waals surface area contributed by atoms with Gasteiger partial charge in [0.25, 0.3) is 5.91 Å². The Balaban J connectivity index is 1.58. The van der Waals surface area contributed by atoms with Crippen molar-refractivity contribution in [3.63, 3.8) is 0 Å². The fraction of sp³-hybridized carbons (Fsp3) is 0.212. The minimum Gasteiger partial charge on any atom is -0.494 e. The second kappa shape index (κ2) is 13.9. The molecular weight excluding hydrogens is 566 g/mol. The van der Waals surface area contributed by atoms with E-state index in [2.05, 4.69) is 15.3 Å². The van der Waals surface area contributed by atoms with Gasteiger partial charge in [-0.3, -0.25) is 4.79 Å². The van der Waals surface area contributed by atoms with Crippen molar-refractivity contribution in [3.05, 3.63) is 141 Å². The molecule has 0 spiro atoms. The van der Waals surface area contributed by atoms with Crippen molar-refractivity contribution in [1.82, 2.24) is 5.32 Å². The second-order valence-electron chi connectivity index (χ2n) is 10.0. The third kappa shape index (κ3) is 6.98. The van der Waals surface area contributed by atoms with E-state index < -0.39 is 11.6 Å². The topological polar surface area (TPSA) is 129 Å². The number of nitrogens with one attached hydrogen (secondary N) is 1. The molecule has 1 heterocycles. The maximum Gasteiger partial charge on any atom is 0.252 e. The van der Waals surface area contributed by atoms with Crippen molar-refractivity contribution < 1.29 is 19.4 Å². The molecule has 0 saturated heterocycles. The van der Waals surface area contributed by atoms with Crippen molar-refractivity contribution in [2.24, 2.45) is 10.1 Å². The Morgan fingerprint density at radius 2 is 1.72 bits per heavy atom. The van der Waals surface area contributed by atoms with Gasteiger partial charge in [0.05, 0.1) is 6.61 Å². The summed E-state index contributed by atoms with van der Waals surface area (Å²) in [5, 5.41) is 16.6. The first kappa shape index (κ1) is 29.7. The van der Waals surface area contributed by atoms with Crippen LogP contribution in [-0.4, -0.2) is 35.7 Å². The number of carbonyl (C=O) groups excluding carboxylic acids is 1. The average Bonchev–Trinajstić information content (AvgIpc) is 3.42. The Bertz CT molecular complexity index is 1620.